The molecule has 0 fully saturated rings. The van der Waals surface area contributed by atoms with Crippen molar-refractivity contribution in [3.63, 3.8) is 0 Å². The number of aromatic nitrogens is 1. The van der Waals surface area contributed by atoms with Gasteiger partial charge in [0.05, 0.1) is 27.9 Å². The van der Waals surface area contributed by atoms with Gasteiger partial charge in [0.25, 0.3) is 0 Å². The minimum absolute atomic E-state index is 0.0299. The minimum Gasteiger partial charge on any atom is -0.507 e. The van der Waals surface area contributed by atoms with Crippen LogP contribution in [0.25, 0.3) is 21.8 Å². The van der Waals surface area contributed by atoms with Gasteiger partial charge in [0.2, 0.25) is 5.43 Å². The molecule has 3 aromatic rings. The Morgan fingerprint density at radius 2 is 1.92 bits per heavy atom. The van der Waals surface area contributed by atoms with Crippen molar-refractivity contribution in [2.75, 3.05) is 0 Å². The van der Waals surface area contributed by atoms with E-state index >= 15 is 0 Å². The third-order valence-corrected chi connectivity index (χ3v) is 4.51. The first kappa shape index (κ1) is 16.9. The maximum Gasteiger partial charge on any atom is 0.201 e. The number of aryl methyl sites for hydroxylation is 1. The molecule has 2 aromatic carbocycles. The Hall–Kier alpha value is -2.99. The van der Waals surface area contributed by atoms with Crippen molar-refractivity contribution in [1.29, 1.82) is 0 Å². The van der Waals surface area contributed by atoms with Crippen molar-refractivity contribution in [3.8, 4) is 17.2 Å². The SMILES string of the molecule is C=C(C)C(O)Cc1c(O)cc2c(c1O)c(=O)c1cccc(O)c1n2C. The third kappa shape index (κ3) is 2.51. The van der Waals surface area contributed by atoms with Gasteiger partial charge in [-0.3, -0.25) is 4.79 Å². The predicted molar refractivity (Wildman–Crippen MR) is 96.2 cm³/mol. The van der Waals surface area contributed by atoms with E-state index in [0.29, 0.717) is 11.1 Å². The summed E-state index contributed by atoms with van der Waals surface area (Å²) in [4.78, 5) is 12.9. The lowest BCUT2D eigenvalue weighted by molar-refractivity contribution is 0.209. The lowest BCUT2D eigenvalue weighted by atomic mass is 9.98. The number of nitrogens with zero attached hydrogens (tertiary/aromatic N) is 1. The van der Waals surface area contributed by atoms with Crippen LogP contribution in [0.4, 0.5) is 0 Å². The van der Waals surface area contributed by atoms with Gasteiger partial charge in [0.15, 0.2) is 0 Å². The van der Waals surface area contributed by atoms with E-state index in [1.165, 1.54) is 12.1 Å². The Kier molecular flexibility index (Phi) is 3.93. The van der Waals surface area contributed by atoms with Crippen LogP contribution in [0.1, 0.15) is 12.5 Å². The summed E-state index contributed by atoms with van der Waals surface area (Å²) in [5.41, 5.74) is 0.702. The zero-order chi connectivity index (χ0) is 18.5. The minimum atomic E-state index is -0.956. The van der Waals surface area contributed by atoms with E-state index < -0.39 is 11.5 Å². The maximum atomic E-state index is 12.9. The lowest BCUT2D eigenvalue weighted by Crippen LogP contribution is -2.14. The molecular weight excluding hydrogens is 322 g/mol. The highest BCUT2D eigenvalue weighted by Gasteiger charge is 2.21. The van der Waals surface area contributed by atoms with E-state index in [2.05, 4.69) is 6.58 Å². The Morgan fingerprint density at radius 3 is 2.56 bits per heavy atom. The fourth-order valence-electron chi connectivity index (χ4n) is 3.06. The zero-order valence-electron chi connectivity index (χ0n) is 13.9. The molecule has 0 radical (unpaired) electrons. The molecule has 1 aromatic heterocycles. The Morgan fingerprint density at radius 1 is 1.24 bits per heavy atom. The van der Waals surface area contributed by atoms with Gasteiger partial charge in [-0.25, -0.2) is 0 Å². The predicted octanol–water partition coefficient (Wildman–Crippen LogP) is 2.29. The number of para-hydroxylation sites is 1. The van der Waals surface area contributed by atoms with Crippen molar-refractivity contribution in [3.05, 3.63) is 52.2 Å². The molecule has 0 bridgehead atoms. The number of phenols is 3. The summed E-state index contributed by atoms with van der Waals surface area (Å²) in [7, 11) is 1.63. The zero-order valence-corrected chi connectivity index (χ0v) is 13.9. The summed E-state index contributed by atoms with van der Waals surface area (Å²) in [5.74, 6) is -0.684. The first-order valence-electron chi connectivity index (χ1n) is 7.75. The molecule has 1 atom stereocenters. The van der Waals surface area contributed by atoms with Gasteiger partial charge in [-0.1, -0.05) is 18.2 Å². The topological polar surface area (TPSA) is 103 Å². The smallest absolute Gasteiger partial charge is 0.201 e. The van der Waals surface area contributed by atoms with Crippen LogP contribution >= 0.6 is 0 Å². The standard InChI is InChI=1S/C19H19NO5/c1-9(2)14(22)7-11-15(23)8-12-16(19(11)25)18(24)10-5-4-6-13(21)17(10)20(12)3/h4-6,8,14,21-23,25H,1,7H2,2-3H3. The molecule has 0 saturated carbocycles. The second-order valence-electron chi connectivity index (χ2n) is 6.24. The highest BCUT2D eigenvalue weighted by atomic mass is 16.3. The second kappa shape index (κ2) is 5.82. The molecule has 0 aliphatic carbocycles. The van der Waals surface area contributed by atoms with Crippen molar-refractivity contribution < 1.29 is 20.4 Å². The number of benzene rings is 2. The fraction of sp³-hybridized carbons (Fsp3) is 0.211. The van der Waals surface area contributed by atoms with Gasteiger partial charge in [-0.05, 0) is 19.1 Å². The molecule has 6 heteroatoms. The van der Waals surface area contributed by atoms with Gasteiger partial charge >= 0.3 is 0 Å². The maximum absolute atomic E-state index is 12.9. The van der Waals surface area contributed by atoms with Crippen molar-refractivity contribution >= 4 is 21.8 Å². The van der Waals surface area contributed by atoms with Crippen molar-refractivity contribution in [1.82, 2.24) is 4.57 Å². The van der Waals surface area contributed by atoms with E-state index in [1.54, 1.807) is 30.7 Å². The Bertz CT molecular complexity index is 1080. The average molecular weight is 341 g/mol. The first-order chi connectivity index (χ1) is 11.7. The van der Waals surface area contributed by atoms with Gasteiger partial charge in [-0.2, -0.15) is 0 Å². The summed E-state index contributed by atoms with van der Waals surface area (Å²) < 4.78 is 1.54. The van der Waals surface area contributed by atoms with Crippen LogP contribution < -0.4 is 5.43 Å². The van der Waals surface area contributed by atoms with Gasteiger partial charge < -0.3 is 25.0 Å². The van der Waals surface area contributed by atoms with Crippen LogP contribution in [-0.4, -0.2) is 31.1 Å². The van der Waals surface area contributed by atoms with Gasteiger partial charge in [0, 0.05) is 25.1 Å². The second-order valence-corrected chi connectivity index (χ2v) is 6.24. The number of hydrogen-bond donors (Lipinski definition) is 4. The lowest BCUT2D eigenvalue weighted by Gasteiger charge is -2.17. The van der Waals surface area contributed by atoms with E-state index in [0.717, 1.165) is 0 Å². The molecule has 130 valence electrons. The van der Waals surface area contributed by atoms with Crippen LogP contribution in [-0.2, 0) is 13.5 Å². The quantitative estimate of drug-likeness (QED) is 0.432. The monoisotopic (exact) mass is 341 g/mol. The molecule has 0 aliphatic heterocycles. The van der Waals surface area contributed by atoms with Crippen LogP contribution in [0, 0.1) is 0 Å². The summed E-state index contributed by atoms with van der Waals surface area (Å²) in [6.45, 7) is 5.28. The normalized spacial score (nSPS) is 12.6. The molecule has 0 spiro atoms. The summed E-state index contributed by atoms with van der Waals surface area (Å²) in [5, 5.41) is 41.3. The van der Waals surface area contributed by atoms with Crippen LogP contribution in [0.3, 0.4) is 0 Å². The Labute approximate surface area is 143 Å². The number of pyridine rings is 1. The molecular formula is C19H19NO5. The molecule has 1 heterocycles. The molecule has 6 nitrogen and oxygen atoms in total. The average Bonchev–Trinajstić information content (AvgIpc) is 2.55. The summed E-state index contributed by atoms with van der Waals surface area (Å²) in [6.07, 6.45) is -1.02. The molecule has 3 rings (SSSR count). The molecule has 1 unspecified atom stereocenters. The highest BCUT2D eigenvalue weighted by Crippen LogP contribution is 2.37. The number of aliphatic hydroxyl groups is 1. The number of rotatable bonds is 3. The van der Waals surface area contributed by atoms with Gasteiger partial charge in [-0.15, -0.1) is 0 Å². The molecule has 25 heavy (non-hydrogen) atoms. The number of fused-ring (bicyclic) bond motifs is 2. The number of phenolic OH excluding ortho intramolecular Hbond substituents is 3. The molecule has 0 amide bonds. The fourth-order valence-corrected chi connectivity index (χ4v) is 3.06. The Balaban J connectivity index is 2.44. The van der Waals surface area contributed by atoms with Crippen molar-refractivity contribution in [2.45, 2.75) is 19.4 Å². The largest absolute Gasteiger partial charge is 0.507 e. The van der Waals surface area contributed by atoms with Crippen LogP contribution in [0.5, 0.6) is 17.2 Å². The number of aromatic hydroxyl groups is 3. The molecule has 4 N–H and O–H groups in total. The summed E-state index contributed by atoms with van der Waals surface area (Å²) >= 11 is 0. The van der Waals surface area contributed by atoms with Gasteiger partial charge in [0.1, 0.15) is 17.2 Å². The van der Waals surface area contributed by atoms with Crippen molar-refractivity contribution in [2.24, 2.45) is 7.05 Å². The highest BCUT2D eigenvalue weighted by molar-refractivity contribution is 5.99. The number of aliphatic hydroxyl groups excluding tert-OH is 1. The van der Waals surface area contributed by atoms with E-state index in [4.69, 9.17) is 0 Å². The third-order valence-electron chi connectivity index (χ3n) is 4.51. The van der Waals surface area contributed by atoms with Crippen LogP contribution in [0.15, 0.2) is 41.2 Å². The summed E-state index contributed by atoms with van der Waals surface area (Å²) in [6, 6.07) is 5.92. The van der Waals surface area contributed by atoms with E-state index in [1.807, 2.05) is 0 Å². The first-order valence-corrected chi connectivity index (χ1v) is 7.75. The molecule has 0 saturated heterocycles. The van der Waals surface area contributed by atoms with Crippen LogP contribution in [0.2, 0.25) is 0 Å². The molecule has 0 aliphatic rings. The number of hydrogen-bond acceptors (Lipinski definition) is 5. The van der Waals surface area contributed by atoms with E-state index in [-0.39, 0.29) is 45.5 Å². The van der Waals surface area contributed by atoms with E-state index in [9.17, 15) is 25.2 Å².